The highest BCUT2D eigenvalue weighted by Crippen LogP contribution is 2.17. The van der Waals surface area contributed by atoms with Crippen LogP contribution in [0.1, 0.15) is 22.3 Å². The van der Waals surface area contributed by atoms with Gasteiger partial charge in [-0.05, 0) is 18.1 Å². The molecule has 0 saturated heterocycles. The summed E-state index contributed by atoms with van der Waals surface area (Å²) < 4.78 is 26.2. The molecule has 1 unspecified atom stereocenters. The summed E-state index contributed by atoms with van der Waals surface area (Å²) in [6.07, 6.45) is 0. The Morgan fingerprint density at radius 2 is 1.60 bits per heavy atom. The smallest absolute Gasteiger partial charge is 0.131 e. The van der Waals surface area contributed by atoms with Crippen LogP contribution in [-0.2, 0) is 28.9 Å². The van der Waals surface area contributed by atoms with Crippen LogP contribution in [0.3, 0.4) is 0 Å². The predicted molar refractivity (Wildman–Crippen MR) is 81.0 cm³/mol. The third kappa shape index (κ3) is 3.52. The first-order valence-electron chi connectivity index (χ1n) is 6.47. The van der Waals surface area contributed by atoms with E-state index >= 15 is 0 Å². The fraction of sp³-hybridized carbons (Fsp3) is 0.250. The summed E-state index contributed by atoms with van der Waals surface area (Å²) in [5, 5.41) is 0. The highest BCUT2D eigenvalue weighted by Gasteiger charge is 2.11. The molecule has 0 spiro atoms. The molecule has 0 heterocycles. The Morgan fingerprint density at radius 1 is 1.00 bits per heavy atom. The maximum atomic E-state index is 14.0. The lowest BCUT2D eigenvalue weighted by molar-refractivity contribution is 0.598. The molecule has 0 saturated carbocycles. The van der Waals surface area contributed by atoms with E-state index in [1.54, 1.807) is 18.2 Å². The van der Waals surface area contributed by atoms with Crippen LogP contribution >= 0.6 is 0 Å². The Kier molecular flexibility index (Phi) is 5.04. The van der Waals surface area contributed by atoms with Crippen molar-refractivity contribution in [1.29, 1.82) is 0 Å². The molecule has 2 N–H and O–H groups in total. The van der Waals surface area contributed by atoms with E-state index in [0.29, 0.717) is 16.9 Å². The van der Waals surface area contributed by atoms with E-state index < -0.39 is 10.8 Å². The van der Waals surface area contributed by atoms with E-state index in [9.17, 15) is 8.60 Å². The molecule has 1 atom stereocenters. The number of benzene rings is 2. The summed E-state index contributed by atoms with van der Waals surface area (Å²) in [6, 6.07) is 12.9. The van der Waals surface area contributed by atoms with E-state index in [0.717, 1.165) is 11.1 Å². The van der Waals surface area contributed by atoms with E-state index in [2.05, 4.69) is 0 Å². The monoisotopic (exact) mass is 291 g/mol. The Bertz CT molecular complexity index is 628. The maximum Gasteiger partial charge on any atom is 0.131 e. The van der Waals surface area contributed by atoms with Crippen LogP contribution in [0.25, 0.3) is 0 Å². The van der Waals surface area contributed by atoms with Gasteiger partial charge in [-0.25, -0.2) is 4.39 Å². The van der Waals surface area contributed by atoms with E-state index in [4.69, 9.17) is 5.73 Å². The summed E-state index contributed by atoms with van der Waals surface area (Å²) in [7, 11) is -1.13. The third-order valence-electron chi connectivity index (χ3n) is 3.27. The number of nitrogens with two attached hydrogens (primary N) is 1. The molecule has 20 heavy (non-hydrogen) atoms. The average Bonchev–Trinajstić information content (AvgIpc) is 2.44. The number of aryl methyl sites for hydroxylation is 1. The standard InChI is InChI=1S/C16H18FNOS/c1-12-5-2-3-6-14(12)10-20(19)11-15-8-4-7-13(9-18)16(15)17/h2-8H,9-11,18H2,1H3. The maximum absolute atomic E-state index is 14.0. The molecule has 0 fully saturated rings. The predicted octanol–water partition coefficient (Wildman–Crippen LogP) is 3.04. The van der Waals surface area contributed by atoms with Gasteiger partial charge in [0.25, 0.3) is 0 Å². The van der Waals surface area contributed by atoms with Crippen molar-refractivity contribution in [1.82, 2.24) is 0 Å². The Morgan fingerprint density at radius 3 is 2.30 bits per heavy atom. The van der Waals surface area contributed by atoms with Crippen LogP contribution in [-0.4, -0.2) is 4.21 Å². The largest absolute Gasteiger partial charge is 0.326 e. The van der Waals surface area contributed by atoms with Crippen LogP contribution in [0.5, 0.6) is 0 Å². The minimum absolute atomic E-state index is 0.157. The van der Waals surface area contributed by atoms with Gasteiger partial charge in [-0.2, -0.15) is 0 Å². The second-order valence-corrected chi connectivity index (χ2v) is 6.21. The molecular formula is C16H18FNOS. The highest BCUT2D eigenvalue weighted by molar-refractivity contribution is 7.83. The van der Waals surface area contributed by atoms with Gasteiger partial charge in [0.1, 0.15) is 5.82 Å². The molecule has 4 heteroatoms. The quantitative estimate of drug-likeness (QED) is 0.920. The molecule has 0 radical (unpaired) electrons. The minimum atomic E-state index is -1.13. The molecule has 0 aliphatic heterocycles. The van der Waals surface area contributed by atoms with Gasteiger partial charge >= 0.3 is 0 Å². The average molecular weight is 291 g/mol. The molecule has 0 aliphatic rings. The van der Waals surface area contributed by atoms with Crippen LogP contribution < -0.4 is 5.73 Å². The van der Waals surface area contributed by atoms with Gasteiger partial charge in [-0.3, -0.25) is 4.21 Å². The minimum Gasteiger partial charge on any atom is -0.326 e. The van der Waals surface area contributed by atoms with Crippen molar-refractivity contribution in [3.63, 3.8) is 0 Å². The van der Waals surface area contributed by atoms with E-state index in [1.807, 2.05) is 31.2 Å². The summed E-state index contributed by atoms with van der Waals surface area (Å²) in [5.74, 6) is 0.334. The van der Waals surface area contributed by atoms with Crippen molar-refractivity contribution in [2.24, 2.45) is 5.73 Å². The molecule has 0 aliphatic carbocycles. The van der Waals surface area contributed by atoms with Crippen molar-refractivity contribution in [2.75, 3.05) is 0 Å². The van der Waals surface area contributed by atoms with Crippen LogP contribution in [0, 0.1) is 12.7 Å². The van der Waals surface area contributed by atoms with Crippen molar-refractivity contribution in [2.45, 2.75) is 25.0 Å². The molecule has 2 rings (SSSR count). The lowest BCUT2D eigenvalue weighted by Crippen LogP contribution is -2.06. The van der Waals surface area contributed by atoms with Crippen molar-refractivity contribution >= 4 is 10.8 Å². The summed E-state index contributed by atoms with van der Waals surface area (Å²) in [5.41, 5.74) is 8.57. The van der Waals surface area contributed by atoms with Gasteiger partial charge in [0.05, 0.1) is 5.75 Å². The normalized spacial score (nSPS) is 12.3. The topological polar surface area (TPSA) is 43.1 Å². The zero-order chi connectivity index (χ0) is 14.5. The Hall–Kier alpha value is -1.52. The molecular weight excluding hydrogens is 273 g/mol. The van der Waals surface area contributed by atoms with Crippen molar-refractivity contribution in [3.8, 4) is 0 Å². The first-order valence-corrected chi connectivity index (χ1v) is 7.96. The van der Waals surface area contributed by atoms with Gasteiger partial charge in [-0.15, -0.1) is 0 Å². The Balaban J connectivity index is 2.11. The van der Waals surface area contributed by atoms with Crippen LogP contribution in [0.15, 0.2) is 42.5 Å². The second-order valence-electron chi connectivity index (χ2n) is 4.75. The number of hydrogen-bond acceptors (Lipinski definition) is 2. The molecule has 106 valence electrons. The molecule has 2 aromatic rings. The second kappa shape index (κ2) is 6.77. The fourth-order valence-electron chi connectivity index (χ4n) is 2.07. The van der Waals surface area contributed by atoms with Crippen molar-refractivity contribution < 1.29 is 8.60 Å². The molecule has 2 aromatic carbocycles. The lowest BCUT2D eigenvalue weighted by Gasteiger charge is -2.08. The zero-order valence-electron chi connectivity index (χ0n) is 11.4. The summed E-state index contributed by atoms with van der Waals surface area (Å²) in [4.78, 5) is 0. The van der Waals surface area contributed by atoms with Crippen molar-refractivity contribution in [3.05, 3.63) is 70.5 Å². The SMILES string of the molecule is Cc1ccccc1CS(=O)Cc1cccc(CN)c1F. The first-order chi connectivity index (χ1) is 9.61. The Labute approximate surface area is 121 Å². The van der Waals surface area contributed by atoms with Crippen LogP contribution in [0.4, 0.5) is 4.39 Å². The highest BCUT2D eigenvalue weighted by atomic mass is 32.2. The molecule has 0 bridgehead atoms. The van der Waals surface area contributed by atoms with Gasteiger partial charge in [0.2, 0.25) is 0 Å². The van der Waals surface area contributed by atoms with Gasteiger partial charge in [0, 0.05) is 34.2 Å². The summed E-state index contributed by atoms with van der Waals surface area (Å²) >= 11 is 0. The lowest BCUT2D eigenvalue weighted by atomic mass is 10.1. The first kappa shape index (κ1) is 14.9. The molecule has 0 aromatic heterocycles. The number of rotatable bonds is 5. The van der Waals surface area contributed by atoms with E-state index in [1.165, 1.54) is 0 Å². The van der Waals surface area contributed by atoms with Gasteiger partial charge in [-0.1, -0.05) is 42.5 Å². The van der Waals surface area contributed by atoms with E-state index in [-0.39, 0.29) is 18.1 Å². The molecule has 0 amide bonds. The number of halogens is 1. The molecule has 2 nitrogen and oxygen atoms in total. The summed E-state index contributed by atoms with van der Waals surface area (Å²) in [6.45, 7) is 2.15. The zero-order valence-corrected chi connectivity index (χ0v) is 12.3. The third-order valence-corrected chi connectivity index (χ3v) is 4.54. The number of hydrogen-bond donors (Lipinski definition) is 1. The van der Waals surface area contributed by atoms with Crippen LogP contribution in [0.2, 0.25) is 0 Å². The van der Waals surface area contributed by atoms with Gasteiger partial charge < -0.3 is 5.73 Å². The van der Waals surface area contributed by atoms with Gasteiger partial charge in [0.15, 0.2) is 0 Å². The fourth-order valence-corrected chi connectivity index (χ4v) is 3.41.